The average molecular weight is 391 g/mol. The lowest BCUT2D eigenvalue weighted by Crippen LogP contribution is -2.53. The Bertz CT molecular complexity index is 1010. The molecule has 0 radical (unpaired) electrons. The van der Waals surface area contributed by atoms with Crippen molar-refractivity contribution in [1.29, 1.82) is 0 Å². The molecular formula is C24H26FN3O. The second-order valence-corrected chi connectivity index (χ2v) is 8.02. The van der Waals surface area contributed by atoms with Gasteiger partial charge in [-0.05, 0) is 50.7 Å². The van der Waals surface area contributed by atoms with Crippen molar-refractivity contribution >= 4 is 16.8 Å². The van der Waals surface area contributed by atoms with E-state index in [9.17, 15) is 9.18 Å². The fourth-order valence-electron chi connectivity index (χ4n) is 4.70. The van der Waals surface area contributed by atoms with Gasteiger partial charge in [0.1, 0.15) is 11.3 Å². The number of rotatable bonds is 5. The first-order valence-corrected chi connectivity index (χ1v) is 10.1. The minimum Gasteiger partial charge on any atom is -0.343 e. The molecule has 1 heterocycles. The number of carbonyl (C=O) groups excluding carboxylic acids is 1. The van der Waals surface area contributed by atoms with Crippen molar-refractivity contribution in [3.8, 4) is 0 Å². The second kappa shape index (κ2) is 7.91. The Morgan fingerprint density at radius 1 is 1.07 bits per heavy atom. The fraction of sp³-hybridized carbons (Fsp3) is 0.333. The van der Waals surface area contributed by atoms with Crippen LogP contribution in [-0.2, 0) is 0 Å². The van der Waals surface area contributed by atoms with Crippen molar-refractivity contribution in [2.24, 2.45) is 0 Å². The van der Waals surface area contributed by atoms with E-state index in [2.05, 4.69) is 41.4 Å². The summed E-state index contributed by atoms with van der Waals surface area (Å²) in [5.41, 5.74) is 1.60. The van der Waals surface area contributed by atoms with Crippen LogP contribution in [0.2, 0.25) is 0 Å². The molecule has 3 aromatic rings. The number of likely N-dealkylation sites (N-methyl/N-ethyl adjacent to an activating group) is 1. The first-order valence-electron chi connectivity index (χ1n) is 10.1. The molecule has 1 aliphatic rings. The molecule has 0 spiro atoms. The first-order chi connectivity index (χ1) is 14.0. The number of pyridine rings is 1. The number of benzene rings is 2. The third-order valence-corrected chi connectivity index (χ3v) is 6.27. The SMILES string of the molecule is CN(C)C1(C(NC(=O)c2ccc(F)c3ncccc23)c2ccccc2)CCCC1. The normalized spacial score (nSPS) is 16.8. The van der Waals surface area contributed by atoms with E-state index in [4.69, 9.17) is 0 Å². The molecule has 4 nitrogen and oxygen atoms in total. The number of carbonyl (C=O) groups is 1. The van der Waals surface area contributed by atoms with E-state index < -0.39 is 5.82 Å². The molecule has 2 aromatic carbocycles. The highest BCUT2D eigenvalue weighted by atomic mass is 19.1. The van der Waals surface area contributed by atoms with Crippen LogP contribution in [0, 0.1) is 5.82 Å². The van der Waals surface area contributed by atoms with E-state index in [1.807, 2.05) is 18.2 Å². The number of fused-ring (bicyclic) bond motifs is 1. The predicted octanol–water partition coefficient (Wildman–Crippen LogP) is 4.72. The monoisotopic (exact) mass is 391 g/mol. The Morgan fingerprint density at radius 3 is 2.48 bits per heavy atom. The van der Waals surface area contributed by atoms with Gasteiger partial charge < -0.3 is 10.2 Å². The lowest BCUT2D eigenvalue weighted by atomic mass is 9.82. The summed E-state index contributed by atoms with van der Waals surface area (Å²) in [7, 11) is 4.18. The maximum absolute atomic E-state index is 14.2. The largest absolute Gasteiger partial charge is 0.343 e. The topological polar surface area (TPSA) is 45.2 Å². The number of nitrogens with one attached hydrogen (secondary N) is 1. The minimum absolute atomic E-state index is 0.148. The Labute approximate surface area is 170 Å². The van der Waals surface area contributed by atoms with Crippen molar-refractivity contribution in [2.75, 3.05) is 14.1 Å². The minimum atomic E-state index is -0.419. The molecule has 150 valence electrons. The molecule has 1 aromatic heterocycles. The Balaban J connectivity index is 1.76. The number of aromatic nitrogens is 1. The maximum Gasteiger partial charge on any atom is 0.252 e. The zero-order valence-corrected chi connectivity index (χ0v) is 16.9. The van der Waals surface area contributed by atoms with Gasteiger partial charge in [-0.2, -0.15) is 0 Å². The van der Waals surface area contributed by atoms with E-state index >= 15 is 0 Å². The number of nitrogens with zero attached hydrogens (tertiary/aromatic N) is 2. The molecule has 0 bridgehead atoms. The summed E-state index contributed by atoms with van der Waals surface area (Å²) < 4.78 is 14.2. The summed E-state index contributed by atoms with van der Waals surface area (Å²) in [5, 5.41) is 3.82. The molecule has 1 saturated carbocycles. The fourth-order valence-corrected chi connectivity index (χ4v) is 4.70. The zero-order valence-electron chi connectivity index (χ0n) is 16.9. The van der Waals surface area contributed by atoms with E-state index in [1.165, 1.54) is 6.07 Å². The van der Waals surface area contributed by atoms with Crippen LogP contribution in [0.1, 0.15) is 47.6 Å². The summed E-state index contributed by atoms with van der Waals surface area (Å²) in [6.45, 7) is 0. The van der Waals surface area contributed by atoms with Crippen LogP contribution in [0.5, 0.6) is 0 Å². The summed E-state index contributed by atoms with van der Waals surface area (Å²) in [6, 6.07) is 16.3. The van der Waals surface area contributed by atoms with Crippen LogP contribution in [0.25, 0.3) is 10.9 Å². The predicted molar refractivity (Wildman–Crippen MR) is 113 cm³/mol. The van der Waals surface area contributed by atoms with Crippen LogP contribution in [0.15, 0.2) is 60.8 Å². The van der Waals surface area contributed by atoms with E-state index in [-0.39, 0.29) is 23.0 Å². The van der Waals surface area contributed by atoms with E-state index in [0.29, 0.717) is 10.9 Å². The molecule has 4 rings (SSSR count). The molecule has 5 heteroatoms. The van der Waals surface area contributed by atoms with Gasteiger partial charge in [0.25, 0.3) is 5.91 Å². The molecule has 1 fully saturated rings. The van der Waals surface area contributed by atoms with Gasteiger partial charge in [-0.1, -0.05) is 49.2 Å². The zero-order chi connectivity index (χ0) is 20.4. The molecule has 1 unspecified atom stereocenters. The van der Waals surface area contributed by atoms with Gasteiger partial charge in [0, 0.05) is 22.7 Å². The molecule has 1 N–H and O–H groups in total. The standard InChI is InChI=1S/C24H26FN3O/c1-28(2)24(14-6-7-15-24)22(17-9-4-3-5-10-17)27-23(29)19-12-13-20(25)21-18(19)11-8-16-26-21/h3-5,8-13,16,22H,6-7,14-15H2,1-2H3,(H,27,29). The summed E-state index contributed by atoms with van der Waals surface area (Å²) in [6.07, 6.45) is 5.86. The highest BCUT2D eigenvalue weighted by Crippen LogP contribution is 2.43. The third kappa shape index (κ3) is 3.51. The van der Waals surface area contributed by atoms with Gasteiger partial charge in [-0.3, -0.25) is 9.78 Å². The van der Waals surface area contributed by atoms with E-state index in [0.717, 1.165) is 31.2 Å². The average Bonchev–Trinajstić information content (AvgIpc) is 3.24. The quantitative estimate of drug-likeness (QED) is 0.685. The lowest BCUT2D eigenvalue weighted by Gasteiger charge is -2.44. The summed E-state index contributed by atoms with van der Waals surface area (Å²) >= 11 is 0. The highest BCUT2D eigenvalue weighted by molar-refractivity contribution is 6.06. The molecule has 0 aliphatic heterocycles. The third-order valence-electron chi connectivity index (χ3n) is 6.27. The van der Waals surface area contributed by atoms with Crippen molar-refractivity contribution in [3.63, 3.8) is 0 Å². The van der Waals surface area contributed by atoms with Crippen molar-refractivity contribution in [3.05, 3.63) is 77.7 Å². The first kappa shape index (κ1) is 19.5. The van der Waals surface area contributed by atoms with Crippen molar-refractivity contribution in [1.82, 2.24) is 15.2 Å². The van der Waals surface area contributed by atoms with Gasteiger partial charge in [0.2, 0.25) is 0 Å². The van der Waals surface area contributed by atoms with Gasteiger partial charge in [-0.15, -0.1) is 0 Å². The highest BCUT2D eigenvalue weighted by Gasteiger charge is 2.44. The van der Waals surface area contributed by atoms with Crippen LogP contribution in [-0.4, -0.2) is 35.4 Å². The van der Waals surface area contributed by atoms with Gasteiger partial charge >= 0.3 is 0 Å². The van der Waals surface area contributed by atoms with Crippen LogP contribution in [0.4, 0.5) is 4.39 Å². The van der Waals surface area contributed by atoms with Gasteiger partial charge in [-0.25, -0.2) is 4.39 Å². The van der Waals surface area contributed by atoms with E-state index in [1.54, 1.807) is 24.4 Å². The van der Waals surface area contributed by atoms with Gasteiger partial charge in [0.05, 0.1) is 6.04 Å². The molecule has 1 aliphatic carbocycles. The number of hydrogen-bond acceptors (Lipinski definition) is 3. The van der Waals surface area contributed by atoms with Crippen LogP contribution >= 0.6 is 0 Å². The number of halogens is 1. The van der Waals surface area contributed by atoms with Crippen LogP contribution < -0.4 is 5.32 Å². The molecule has 0 saturated heterocycles. The molecule has 29 heavy (non-hydrogen) atoms. The Morgan fingerprint density at radius 2 is 1.79 bits per heavy atom. The number of hydrogen-bond donors (Lipinski definition) is 1. The van der Waals surface area contributed by atoms with Crippen LogP contribution in [0.3, 0.4) is 0 Å². The summed E-state index contributed by atoms with van der Waals surface area (Å²) in [4.78, 5) is 19.8. The van der Waals surface area contributed by atoms with Gasteiger partial charge in [0.15, 0.2) is 0 Å². The van der Waals surface area contributed by atoms with Crippen molar-refractivity contribution < 1.29 is 9.18 Å². The number of amides is 1. The Hall–Kier alpha value is -2.79. The molecule has 1 amide bonds. The van der Waals surface area contributed by atoms with Crippen molar-refractivity contribution in [2.45, 2.75) is 37.3 Å². The Kier molecular flexibility index (Phi) is 5.33. The maximum atomic E-state index is 14.2. The second-order valence-electron chi connectivity index (χ2n) is 8.02. The molecular weight excluding hydrogens is 365 g/mol. The molecule has 1 atom stereocenters. The lowest BCUT2D eigenvalue weighted by molar-refractivity contribution is 0.0767. The summed E-state index contributed by atoms with van der Waals surface area (Å²) in [5.74, 6) is -0.623. The smallest absolute Gasteiger partial charge is 0.252 e.